The molecule has 6 heteroatoms. The molecule has 4 aromatic rings. The minimum atomic E-state index is -0.626. The Balaban J connectivity index is 2.00. The standard InChI is InChI=1S/C22H21N3O3/c1-22(2,3)28-21(26)25-18(12-15-9-10-23-13-19(15)25)16-11-14-7-5-6-8-17(14)24-20(16)27-4/h5-13H,1-4H3. The second kappa shape index (κ2) is 6.64. The highest BCUT2D eigenvalue weighted by Gasteiger charge is 2.25. The van der Waals surface area contributed by atoms with Gasteiger partial charge in [-0.05, 0) is 45.0 Å². The third kappa shape index (κ3) is 3.17. The van der Waals surface area contributed by atoms with Gasteiger partial charge in [0.05, 0.1) is 35.6 Å². The normalized spacial score (nSPS) is 11.7. The Hall–Kier alpha value is -3.41. The van der Waals surface area contributed by atoms with Crippen molar-refractivity contribution in [1.29, 1.82) is 0 Å². The molecule has 6 nitrogen and oxygen atoms in total. The molecule has 142 valence electrons. The van der Waals surface area contributed by atoms with Crippen molar-refractivity contribution in [3.8, 4) is 17.1 Å². The maximum Gasteiger partial charge on any atom is 0.419 e. The molecule has 0 N–H and O–H groups in total. The van der Waals surface area contributed by atoms with E-state index >= 15 is 0 Å². The number of hydrogen-bond donors (Lipinski definition) is 0. The number of para-hydroxylation sites is 1. The second-order valence-electron chi connectivity index (χ2n) is 7.52. The van der Waals surface area contributed by atoms with E-state index in [1.165, 1.54) is 4.57 Å². The first-order valence-electron chi connectivity index (χ1n) is 9.00. The molecule has 0 aliphatic rings. The molecule has 0 fully saturated rings. The molecular formula is C22H21N3O3. The smallest absolute Gasteiger partial charge is 0.419 e. The maximum atomic E-state index is 13.0. The summed E-state index contributed by atoms with van der Waals surface area (Å²) >= 11 is 0. The average Bonchev–Trinajstić information content (AvgIpc) is 3.05. The van der Waals surface area contributed by atoms with E-state index in [-0.39, 0.29) is 0 Å². The molecule has 3 heterocycles. The first-order valence-corrected chi connectivity index (χ1v) is 9.00. The Bertz CT molecular complexity index is 1190. The van der Waals surface area contributed by atoms with E-state index in [0.717, 1.165) is 16.3 Å². The third-order valence-corrected chi connectivity index (χ3v) is 4.34. The van der Waals surface area contributed by atoms with E-state index in [2.05, 4.69) is 9.97 Å². The summed E-state index contributed by atoms with van der Waals surface area (Å²) in [6.45, 7) is 5.52. The molecule has 0 radical (unpaired) electrons. The number of ether oxygens (including phenoxy) is 2. The van der Waals surface area contributed by atoms with Gasteiger partial charge in [-0.25, -0.2) is 14.3 Å². The van der Waals surface area contributed by atoms with Crippen LogP contribution in [0.4, 0.5) is 4.79 Å². The van der Waals surface area contributed by atoms with Crippen molar-refractivity contribution in [3.05, 3.63) is 54.9 Å². The molecule has 4 rings (SSSR count). The Morgan fingerprint density at radius 2 is 1.86 bits per heavy atom. The highest BCUT2D eigenvalue weighted by Crippen LogP contribution is 2.35. The number of nitrogens with zero attached hydrogens (tertiary/aromatic N) is 3. The highest BCUT2D eigenvalue weighted by atomic mass is 16.6. The minimum absolute atomic E-state index is 0.444. The van der Waals surface area contributed by atoms with Crippen LogP contribution in [0.5, 0.6) is 5.88 Å². The van der Waals surface area contributed by atoms with Crippen molar-refractivity contribution in [2.24, 2.45) is 0 Å². The lowest BCUT2D eigenvalue weighted by Crippen LogP contribution is -2.27. The summed E-state index contributed by atoms with van der Waals surface area (Å²) in [5, 5.41) is 1.84. The molecule has 0 saturated heterocycles. The zero-order valence-electron chi connectivity index (χ0n) is 16.3. The summed E-state index contributed by atoms with van der Waals surface area (Å²) in [5.41, 5.74) is 2.22. The number of benzene rings is 1. The Labute approximate surface area is 162 Å². The predicted molar refractivity (Wildman–Crippen MR) is 109 cm³/mol. The summed E-state index contributed by atoms with van der Waals surface area (Å²) in [6, 6.07) is 13.5. The Morgan fingerprint density at radius 3 is 2.61 bits per heavy atom. The van der Waals surface area contributed by atoms with Crippen LogP contribution in [0.25, 0.3) is 33.1 Å². The van der Waals surface area contributed by atoms with E-state index in [1.807, 2.05) is 63.2 Å². The van der Waals surface area contributed by atoms with Crippen LogP contribution in [0.2, 0.25) is 0 Å². The van der Waals surface area contributed by atoms with Crippen molar-refractivity contribution in [1.82, 2.24) is 14.5 Å². The zero-order chi connectivity index (χ0) is 19.9. The number of methoxy groups -OCH3 is 1. The van der Waals surface area contributed by atoms with Crippen molar-refractivity contribution in [2.75, 3.05) is 7.11 Å². The number of carbonyl (C=O) groups is 1. The van der Waals surface area contributed by atoms with Gasteiger partial charge in [0, 0.05) is 17.0 Å². The summed E-state index contributed by atoms with van der Waals surface area (Å²) in [6.07, 6.45) is 2.88. The van der Waals surface area contributed by atoms with Crippen LogP contribution >= 0.6 is 0 Å². The van der Waals surface area contributed by atoms with Gasteiger partial charge in [-0.3, -0.25) is 4.98 Å². The summed E-state index contributed by atoms with van der Waals surface area (Å²) in [4.78, 5) is 21.8. The van der Waals surface area contributed by atoms with Gasteiger partial charge in [0.2, 0.25) is 5.88 Å². The molecule has 1 aromatic carbocycles. The molecule has 0 amide bonds. The van der Waals surface area contributed by atoms with Crippen LogP contribution in [-0.4, -0.2) is 33.3 Å². The zero-order valence-corrected chi connectivity index (χ0v) is 16.3. The van der Waals surface area contributed by atoms with Crippen LogP contribution in [0, 0.1) is 0 Å². The van der Waals surface area contributed by atoms with Gasteiger partial charge in [0.1, 0.15) is 5.60 Å². The summed E-state index contributed by atoms with van der Waals surface area (Å²) in [5.74, 6) is 0.444. The lowest BCUT2D eigenvalue weighted by Gasteiger charge is -2.21. The second-order valence-corrected chi connectivity index (χ2v) is 7.52. The molecule has 0 bridgehead atoms. The SMILES string of the molecule is COc1nc2ccccc2cc1-c1cc2ccncc2n1C(=O)OC(C)(C)C. The quantitative estimate of drug-likeness (QED) is 0.491. The van der Waals surface area contributed by atoms with Crippen molar-refractivity contribution >= 4 is 27.9 Å². The molecule has 0 atom stereocenters. The first-order chi connectivity index (χ1) is 13.4. The predicted octanol–water partition coefficient (Wildman–Crippen LogP) is 5.04. The molecule has 0 spiro atoms. The molecule has 0 aliphatic heterocycles. The number of carbonyl (C=O) groups excluding carboxylic acids is 1. The Morgan fingerprint density at radius 1 is 1.07 bits per heavy atom. The lowest BCUT2D eigenvalue weighted by atomic mass is 10.1. The third-order valence-electron chi connectivity index (χ3n) is 4.34. The topological polar surface area (TPSA) is 66.2 Å². The highest BCUT2D eigenvalue weighted by molar-refractivity contribution is 5.98. The molecular weight excluding hydrogens is 354 g/mol. The van der Waals surface area contributed by atoms with Gasteiger partial charge >= 0.3 is 6.09 Å². The molecule has 3 aromatic heterocycles. The van der Waals surface area contributed by atoms with Crippen molar-refractivity contribution in [3.63, 3.8) is 0 Å². The fraction of sp³-hybridized carbons (Fsp3) is 0.227. The fourth-order valence-corrected chi connectivity index (χ4v) is 3.19. The van der Waals surface area contributed by atoms with Gasteiger partial charge in [-0.1, -0.05) is 18.2 Å². The molecule has 0 unspecified atom stereocenters. The van der Waals surface area contributed by atoms with E-state index in [4.69, 9.17) is 9.47 Å². The molecule has 0 saturated carbocycles. The van der Waals surface area contributed by atoms with E-state index in [0.29, 0.717) is 22.7 Å². The van der Waals surface area contributed by atoms with Crippen molar-refractivity contribution < 1.29 is 14.3 Å². The lowest BCUT2D eigenvalue weighted by molar-refractivity contribution is 0.0547. The monoisotopic (exact) mass is 375 g/mol. The van der Waals surface area contributed by atoms with Gasteiger partial charge in [-0.2, -0.15) is 0 Å². The number of rotatable bonds is 2. The van der Waals surface area contributed by atoms with E-state index in [1.54, 1.807) is 19.5 Å². The van der Waals surface area contributed by atoms with Gasteiger partial charge in [0.15, 0.2) is 0 Å². The Kier molecular flexibility index (Phi) is 4.26. The fourth-order valence-electron chi connectivity index (χ4n) is 3.19. The van der Waals surface area contributed by atoms with Crippen molar-refractivity contribution in [2.45, 2.75) is 26.4 Å². The van der Waals surface area contributed by atoms with Crippen LogP contribution in [-0.2, 0) is 4.74 Å². The number of fused-ring (bicyclic) bond motifs is 2. The number of hydrogen-bond acceptors (Lipinski definition) is 5. The molecule has 28 heavy (non-hydrogen) atoms. The average molecular weight is 375 g/mol. The van der Waals surface area contributed by atoms with Crippen LogP contribution in [0.3, 0.4) is 0 Å². The number of aromatic nitrogens is 3. The van der Waals surface area contributed by atoms with Gasteiger partial charge < -0.3 is 9.47 Å². The van der Waals surface area contributed by atoms with Gasteiger partial charge in [-0.15, -0.1) is 0 Å². The van der Waals surface area contributed by atoms with Gasteiger partial charge in [0.25, 0.3) is 0 Å². The largest absolute Gasteiger partial charge is 0.480 e. The first kappa shape index (κ1) is 18.0. The minimum Gasteiger partial charge on any atom is -0.480 e. The van der Waals surface area contributed by atoms with E-state index in [9.17, 15) is 4.79 Å². The van der Waals surface area contributed by atoms with Crippen LogP contribution in [0.15, 0.2) is 54.9 Å². The number of pyridine rings is 2. The summed E-state index contributed by atoms with van der Waals surface area (Å²) in [7, 11) is 1.57. The van der Waals surface area contributed by atoms with Crippen LogP contribution < -0.4 is 4.74 Å². The summed E-state index contributed by atoms with van der Waals surface area (Å²) < 4.78 is 12.7. The maximum absolute atomic E-state index is 13.0. The van der Waals surface area contributed by atoms with E-state index < -0.39 is 11.7 Å². The van der Waals surface area contributed by atoms with Crippen LogP contribution in [0.1, 0.15) is 20.8 Å². The molecule has 0 aliphatic carbocycles.